The summed E-state index contributed by atoms with van der Waals surface area (Å²) in [6, 6.07) is 13.6. The maximum absolute atomic E-state index is 13.5. The lowest BCUT2D eigenvalue weighted by molar-refractivity contribution is 0.0940. The van der Waals surface area contributed by atoms with E-state index in [4.69, 9.17) is 11.6 Å². The van der Waals surface area contributed by atoms with E-state index in [9.17, 15) is 9.18 Å². The fraction of sp³-hybridized carbons (Fsp3) is 0.188. The first kappa shape index (κ1) is 14.5. The predicted octanol–water partition coefficient (Wildman–Crippen LogP) is 3.84. The average Bonchev–Trinajstić information content (AvgIpc) is 2.48. The molecule has 1 atom stereocenters. The molecule has 0 spiro atoms. The van der Waals surface area contributed by atoms with Crippen molar-refractivity contribution in [2.75, 3.05) is 5.88 Å². The summed E-state index contributed by atoms with van der Waals surface area (Å²) in [6.07, 6.45) is 0. The highest BCUT2D eigenvalue weighted by molar-refractivity contribution is 6.18. The molecule has 0 fully saturated rings. The number of alkyl halides is 1. The number of nitrogens with one attached hydrogen (secondary N) is 1. The minimum Gasteiger partial charge on any atom is -0.344 e. The van der Waals surface area contributed by atoms with Crippen LogP contribution in [0.25, 0.3) is 0 Å². The van der Waals surface area contributed by atoms with Crippen molar-refractivity contribution in [2.24, 2.45) is 0 Å². The first-order chi connectivity index (χ1) is 9.61. The van der Waals surface area contributed by atoms with Crippen molar-refractivity contribution in [2.45, 2.75) is 13.0 Å². The first-order valence-electron chi connectivity index (χ1n) is 6.29. The van der Waals surface area contributed by atoms with Crippen LogP contribution in [-0.2, 0) is 0 Å². The summed E-state index contributed by atoms with van der Waals surface area (Å²) in [5, 5.41) is 2.81. The van der Waals surface area contributed by atoms with Gasteiger partial charge in [-0.1, -0.05) is 36.4 Å². The van der Waals surface area contributed by atoms with Gasteiger partial charge in [0.05, 0.1) is 6.04 Å². The van der Waals surface area contributed by atoms with Crippen molar-refractivity contribution >= 4 is 17.5 Å². The van der Waals surface area contributed by atoms with E-state index in [1.165, 1.54) is 6.07 Å². The van der Waals surface area contributed by atoms with Crippen LogP contribution < -0.4 is 5.32 Å². The minimum absolute atomic E-state index is 0.254. The average molecular weight is 292 g/mol. The molecule has 0 aromatic heterocycles. The second-order valence-corrected chi connectivity index (χ2v) is 4.86. The van der Waals surface area contributed by atoms with Crippen LogP contribution in [-0.4, -0.2) is 11.8 Å². The Labute approximate surface area is 122 Å². The van der Waals surface area contributed by atoms with Gasteiger partial charge < -0.3 is 5.32 Å². The molecule has 0 bridgehead atoms. The highest BCUT2D eigenvalue weighted by Crippen LogP contribution is 2.16. The molecule has 4 heteroatoms. The molecule has 1 unspecified atom stereocenters. The van der Waals surface area contributed by atoms with E-state index < -0.39 is 0 Å². The Morgan fingerprint density at radius 3 is 2.55 bits per heavy atom. The van der Waals surface area contributed by atoms with Gasteiger partial charge in [0.25, 0.3) is 5.91 Å². The van der Waals surface area contributed by atoms with E-state index >= 15 is 0 Å². The molecule has 0 aliphatic heterocycles. The van der Waals surface area contributed by atoms with E-state index in [1.54, 1.807) is 19.1 Å². The van der Waals surface area contributed by atoms with Crippen molar-refractivity contribution in [3.63, 3.8) is 0 Å². The fourth-order valence-electron chi connectivity index (χ4n) is 1.87. The van der Waals surface area contributed by atoms with E-state index in [0.29, 0.717) is 11.1 Å². The predicted molar refractivity (Wildman–Crippen MR) is 78.5 cm³/mol. The van der Waals surface area contributed by atoms with Crippen LogP contribution in [0.3, 0.4) is 0 Å². The molecular weight excluding hydrogens is 277 g/mol. The molecule has 2 aromatic carbocycles. The molecule has 0 saturated carbocycles. The molecule has 1 N–H and O–H groups in total. The molecule has 1 amide bonds. The quantitative estimate of drug-likeness (QED) is 0.852. The van der Waals surface area contributed by atoms with E-state index in [0.717, 1.165) is 5.56 Å². The number of carbonyl (C=O) groups is 1. The maximum atomic E-state index is 13.5. The number of aryl methyl sites for hydroxylation is 1. The van der Waals surface area contributed by atoms with Gasteiger partial charge in [0.15, 0.2) is 0 Å². The number of carbonyl (C=O) groups excluding carboxylic acids is 1. The molecule has 0 heterocycles. The smallest absolute Gasteiger partial charge is 0.251 e. The molecular formula is C16H15ClFNO. The summed E-state index contributed by atoms with van der Waals surface area (Å²) >= 11 is 5.90. The van der Waals surface area contributed by atoms with Gasteiger partial charge in [-0.25, -0.2) is 4.39 Å². The van der Waals surface area contributed by atoms with Crippen LogP contribution in [0.4, 0.5) is 4.39 Å². The highest BCUT2D eigenvalue weighted by atomic mass is 35.5. The zero-order valence-corrected chi connectivity index (χ0v) is 11.8. The Morgan fingerprint density at radius 2 is 1.95 bits per heavy atom. The summed E-state index contributed by atoms with van der Waals surface area (Å²) in [7, 11) is 0. The molecule has 2 aromatic rings. The molecule has 0 aliphatic carbocycles. The maximum Gasteiger partial charge on any atom is 0.251 e. The Kier molecular flexibility index (Phi) is 4.74. The number of hydrogen-bond acceptors (Lipinski definition) is 1. The molecule has 0 aliphatic rings. The van der Waals surface area contributed by atoms with Crippen molar-refractivity contribution < 1.29 is 9.18 Å². The van der Waals surface area contributed by atoms with Crippen LogP contribution in [0.5, 0.6) is 0 Å². The zero-order valence-electron chi connectivity index (χ0n) is 11.1. The van der Waals surface area contributed by atoms with E-state index in [2.05, 4.69) is 5.32 Å². The van der Waals surface area contributed by atoms with Gasteiger partial charge in [0, 0.05) is 11.4 Å². The van der Waals surface area contributed by atoms with Gasteiger partial charge >= 0.3 is 0 Å². The molecule has 2 rings (SSSR count). The number of rotatable bonds is 4. The second-order valence-electron chi connectivity index (χ2n) is 4.55. The molecule has 104 valence electrons. The Hall–Kier alpha value is -1.87. The van der Waals surface area contributed by atoms with Gasteiger partial charge in [-0.3, -0.25) is 4.79 Å². The Bertz CT molecular complexity index is 601. The SMILES string of the molecule is Cc1ccc(C(=O)NC(CCl)c2ccccc2)cc1F. The lowest BCUT2D eigenvalue weighted by Crippen LogP contribution is -2.29. The normalized spacial score (nSPS) is 11.9. The van der Waals surface area contributed by atoms with Crippen LogP contribution in [0, 0.1) is 12.7 Å². The molecule has 0 saturated heterocycles. The monoisotopic (exact) mass is 291 g/mol. The van der Waals surface area contributed by atoms with Crippen LogP contribution in [0.1, 0.15) is 27.5 Å². The van der Waals surface area contributed by atoms with Crippen molar-refractivity contribution in [3.05, 3.63) is 71.0 Å². The minimum atomic E-state index is -0.389. The highest BCUT2D eigenvalue weighted by Gasteiger charge is 2.15. The third kappa shape index (κ3) is 3.36. The van der Waals surface area contributed by atoms with Crippen molar-refractivity contribution in [1.29, 1.82) is 0 Å². The number of halogens is 2. The number of amides is 1. The summed E-state index contributed by atoms with van der Waals surface area (Å²) in [5.74, 6) is -0.470. The van der Waals surface area contributed by atoms with Gasteiger partial charge in [0.1, 0.15) is 5.82 Å². The second kappa shape index (κ2) is 6.53. The van der Waals surface area contributed by atoms with Crippen molar-refractivity contribution in [1.82, 2.24) is 5.32 Å². The topological polar surface area (TPSA) is 29.1 Å². The Balaban J connectivity index is 2.15. The fourth-order valence-corrected chi connectivity index (χ4v) is 2.13. The van der Waals surface area contributed by atoms with E-state index in [1.807, 2.05) is 30.3 Å². The molecule has 0 radical (unpaired) electrons. The zero-order chi connectivity index (χ0) is 14.5. The van der Waals surface area contributed by atoms with Gasteiger partial charge in [-0.2, -0.15) is 0 Å². The Morgan fingerprint density at radius 1 is 1.25 bits per heavy atom. The lowest BCUT2D eigenvalue weighted by atomic mass is 10.1. The summed E-state index contributed by atoms with van der Waals surface area (Å²) < 4.78 is 13.5. The van der Waals surface area contributed by atoms with E-state index in [-0.39, 0.29) is 23.6 Å². The first-order valence-corrected chi connectivity index (χ1v) is 6.83. The van der Waals surface area contributed by atoms with Crippen LogP contribution >= 0.6 is 11.6 Å². The van der Waals surface area contributed by atoms with Gasteiger partial charge in [-0.05, 0) is 30.2 Å². The van der Waals surface area contributed by atoms with Crippen LogP contribution in [0.2, 0.25) is 0 Å². The number of hydrogen-bond donors (Lipinski definition) is 1. The number of benzene rings is 2. The summed E-state index contributed by atoms with van der Waals surface area (Å²) in [4.78, 5) is 12.1. The van der Waals surface area contributed by atoms with Gasteiger partial charge in [0.2, 0.25) is 0 Å². The summed E-state index contributed by atoms with van der Waals surface area (Å²) in [5.41, 5.74) is 1.72. The summed E-state index contributed by atoms with van der Waals surface area (Å²) in [6.45, 7) is 1.66. The lowest BCUT2D eigenvalue weighted by Gasteiger charge is -2.16. The standard InChI is InChI=1S/C16H15ClFNO/c1-11-7-8-13(9-14(11)18)16(20)19-15(10-17)12-5-3-2-4-6-12/h2-9,15H,10H2,1H3,(H,19,20). The van der Waals surface area contributed by atoms with Crippen molar-refractivity contribution in [3.8, 4) is 0 Å². The third-order valence-electron chi connectivity index (χ3n) is 3.10. The molecule has 2 nitrogen and oxygen atoms in total. The largest absolute Gasteiger partial charge is 0.344 e. The van der Waals surface area contributed by atoms with Crippen LogP contribution in [0.15, 0.2) is 48.5 Å². The molecule has 20 heavy (non-hydrogen) atoms. The van der Waals surface area contributed by atoms with Gasteiger partial charge in [-0.15, -0.1) is 11.6 Å². The third-order valence-corrected chi connectivity index (χ3v) is 3.40.